The molecule has 3 N–H and O–H groups in total. The van der Waals surface area contributed by atoms with Crippen molar-refractivity contribution in [3.63, 3.8) is 0 Å². The van der Waals surface area contributed by atoms with Crippen LogP contribution in [-0.2, 0) is 17.6 Å². The first kappa shape index (κ1) is 13.9. The Morgan fingerprint density at radius 3 is 2.35 bits per heavy atom. The lowest BCUT2D eigenvalue weighted by Crippen LogP contribution is -2.06. The zero-order chi connectivity index (χ0) is 14.5. The second-order valence-corrected chi connectivity index (χ2v) is 4.64. The number of hydrogen-bond acceptors (Lipinski definition) is 4. The molecular weight excluding hydrogens is 254 g/mol. The fraction of sp³-hybridized carbons (Fsp3) is 0.188. The Balaban J connectivity index is 2.02. The molecule has 0 heterocycles. The monoisotopic (exact) mass is 271 g/mol. The van der Waals surface area contributed by atoms with E-state index in [-0.39, 0.29) is 11.5 Å². The normalized spacial score (nSPS) is 10.2. The third kappa shape index (κ3) is 3.51. The molecule has 0 bridgehead atoms. The number of carbonyl (C=O) groups excluding carboxylic acids is 1. The molecule has 0 aliphatic carbocycles. The predicted octanol–water partition coefficient (Wildman–Crippen LogP) is 2.34. The minimum Gasteiger partial charge on any atom is -0.504 e. The molecule has 20 heavy (non-hydrogen) atoms. The maximum Gasteiger partial charge on any atom is 0.160 e. The lowest BCUT2D eigenvalue weighted by Gasteiger charge is -2.06. The van der Waals surface area contributed by atoms with E-state index in [9.17, 15) is 9.90 Å². The molecule has 0 saturated carbocycles. The molecule has 2 aromatic rings. The Bertz CT molecular complexity index is 606. The number of anilines is 1. The number of carbonyl (C=O) groups is 1. The van der Waals surface area contributed by atoms with Gasteiger partial charge in [-0.15, -0.1) is 0 Å². The van der Waals surface area contributed by atoms with Crippen LogP contribution in [0.25, 0.3) is 0 Å². The van der Waals surface area contributed by atoms with Crippen molar-refractivity contribution in [2.24, 2.45) is 0 Å². The first-order valence-corrected chi connectivity index (χ1v) is 6.30. The number of benzene rings is 2. The molecule has 0 aliphatic heterocycles. The van der Waals surface area contributed by atoms with E-state index in [1.54, 1.807) is 24.3 Å². The molecule has 0 amide bonds. The lowest BCUT2D eigenvalue weighted by molar-refractivity contribution is -0.117. The first-order valence-electron chi connectivity index (χ1n) is 6.30. The SMILES string of the molecule is COc1cc(CC(=O)Cc2ccc(N)cc2)ccc1O. The number of nitrogens with two attached hydrogens (primary N) is 1. The maximum absolute atomic E-state index is 12.0. The summed E-state index contributed by atoms with van der Waals surface area (Å²) in [5.74, 6) is 0.549. The minimum absolute atomic E-state index is 0.0715. The summed E-state index contributed by atoms with van der Waals surface area (Å²) in [4.78, 5) is 12.0. The van der Waals surface area contributed by atoms with Gasteiger partial charge in [0.15, 0.2) is 11.5 Å². The van der Waals surface area contributed by atoms with E-state index in [1.807, 2.05) is 12.1 Å². The number of Topliss-reactive ketones (excluding diaryl/α,β-unsaturated/α-hetero) is 1. The highest BCUT2D eigenvalue weighted by Gasteiger charge is 2.08. The second kappa shape index (κ2) is 6.10. The number of hydrogen-bond donors (Lipinski definition) is 2. The van der Waals surface area contributed by atoms with Crippen molar-refractivity contribution in [2.75, 3.05) is 12.8 Å². The number of ether oxygens (including phenoxy) is 1. The number of methoxy groups -OCH3 is 1. The Hall–Kier alpha value is -2.49. The number of nitrogen functional groups attached to an aromatic ring is 1. The van der Waals surface area contributed by atoms with E-state index in [4.69, 9.17) is 10.5 Å². The van der Waals surface area contributed by atoms with Crippen molar-refractivity contribution in [2.45, 2.75) is 12.8 Å². The summed E-state index contributed by atoms with van der Waals surface area (Å²) in [6.45, 7) is 0. The molecule has 104 valence electrons. The first-order chi connectivity index (χ1) is 9.58. The Labute approximate surface area is 117 Å². The molecule has 0 aromatic heterocycles. The van der Waals surface area contributed by atoms with Gasteiger partial charge in [-0.05, 0) is 35.4 Å². The van der Waals surface area contributed by atoms with Crippen LogP contribution in [0.5, 0.6) is 11.5 Å². The van der Waals surface area contributed by atoms with Gasteiger partial charge in [0, 0.05) is 18.5 Å². The molecule has 4 nitrogen and oxygen atoms in total. The highest BCUT2D eigenvalue weighted by molar-refractivity contribution is 5.83. The van der Waals surface area contributed by atoms with E-state index >= 15 is 0 Å². The zero-order valence-corrected chi connectivity index (χ0v) is 11.3. The van der Waals surface area contributed by atoms with Gasteiger partial charge in [-0.3, -0.25) is 4.79 Å². The van der Waals surface area contributed by atoms with Crippen LogP contribution in [0.2, 0.25) is 0 Å². The summed E-state index contributed by atoms with van der Waals surface area (Å²) in [7, 11) is 1.48. The van der Waals surface area contributed by atoms with Crippen molar-refractivity contribution in [3.8, 4) is 11.5 Å². The van der Waals surface area contributed by atoms with Crippen LogP contribution in [0.1, 0.15) is 11.1 Å². The second-order valence-electron chi connectivity index (χ2n) is 4.64. The largest absolute Gasteiger partial charge is 0.504 e. The highest BCUT2D eigenvalue weighted by atomic mass is 16.5. The van der Waals surface area contributed by atoms with E-state index in [0.717, 1.165) is 11.1 Å². The van der Waals surface area contributed by atoms with E-state index in [2.05, 4.69) is 0 Å². The Kier molecular flexibility index (Phi) is 4.25. The minimum atomic E-state index is 0.0715. The van der Waals surface area contributed by atoms with Crippen molar-refractivity contribution >= 4 is 11.5 Å². The molecular formula is C16H17NO3. The Morgan fingerprint density at radius 1 is 1.10 bits per heavy atom. The summed E-state index contributed by atoms with van der Waals surface area (Å²) in [6, 6.07) is 12.2. The maximum atomic E-state index is 12.0. The van der Waals surface area contributed by atoms with Gasteiger partial charge in [0.1, 0.15) is 5.78 Å². The van der Waals surface area contributed by atoms with E-state index < -0.39 is 0 Å². The predicted molar refractivity (Wildman–Crippen MR) is 77.9 cm³/mol. The standard InChI is InChI=1S/C16H17NO3/c1-20-16-10-12(4-7-15(16)19)9-14(18)8-11-2-5-13(17)6-3-11/h2-7,10,19H,8-9,17H2,1H3. The van der Waals surface area contributed by atoms with Gasteiger partial charge >= 0.3 is 0 Å². The van der Waals surface area contributed by atoms with Crippen molar-refractivity contribution in [1.29, 1.82) is 0 Å². The van der Waals surface area contributed by atoms with Crippen LogP contribution in [0, 0.1) is 0 Å². The number of phenolic OH excluding ortho intramolecular Hbond substituents is 1. The smallest absolute Gasteiger partial charge is 0.160 e. The highest BCUT2D eigenvalue weighted by Crippen LogP contribution is 2.26. The fourth-order valence-corrected chi connectivity index (χ4v) is 1.99. The lowest BCUT2D eigenvalue weighted by atomic mass is 10.0. The summed E-state index contributed by atoms with van der Waals surface area (Å²) < 4.78 is 5.02. The fourth-order valence-electron chi connectivity index (χ4n) is 1.99. The summed E-state index contributed by atoms with van der Waals surface area (Å²) in [5.41, 5.74) is 8.05. The summed E-state index contributed by atoms with van der Waals surface area (Å²) >= 11 is 0. The van der Waals surface area contributed by atoms with Crippen LogP contribution >= 0.6 is 0 Å². The van der Waals surface area contributed by atoms with E-state index in [0.29, 0.717) is 24.3 Å². The van der Waals surface area contributed by atoms with Crippen LogP contribution in [-0.4, -0.2) is 18.0 Å². The van der Waals surface area contributed by atoms with Crippen LogP contribution < -0.4 is 10.5 Å². The molecule has 0 unspecified atom stereocenters. The van der Waals surface area contributed by atoms with Gasteiger partial charge in [0.25, 0.3) is 0 Å². The topological polar surface area (TPSA) is 72.5 Å². The van der Waals surface area contributed by atoms with Crippen molar-refractivity contribution in [3.05, 3.63) is 53.6 Å². The molecule has 0 saturated heterocycles. The molecule has 4 heteroatoms. The van der Waals surface area contributed by atoms with Gasteiger partial charge in [-0.25, -0.2) is 0 Å². The third-order valence-corrected chi connectivity index (χ3v) is 3.03. The zero-order valence-electron chi connectivity index (χ0n) is 11.3. The van der Waals surface area contributed by atoms with Gasteiger partial charge in [-0.2, -0.15) is 0 Å². The average molecular weight is 271 g/mol. The number of aromatic hydroxyl groups is 1. The molecule has 2 rings (SSSR count). The number of ketones is 1. The molecule has 0 atom stereocenters. The van der Waals surface area contributed by atoms with Crippen LogP contribution in [0.3, 0.4) is 0 Å². The van der Waals surface area contributed by atoms with Crippen LogP contribution in [0.15, 0.2) is 42.5 Å². The molecule has 0 fully saturated rings. The summed E-state index contributed by atoms with van der Waals surface area (Å²) in [5, 5.41) is 9.51. The third-order valence-electron chi connectivity index (χ3n) is 3.03. The summed E-state index contributed by atoms with van der Waals surface area (Å²) in [6.07, 6.45) is 0.671. The quantitative estimate of drug-likeness (QED) is 0.819. The Morgan fingerprint density at radius 2 is 1.70 bits per heavy atom. The molecule has 0 radical (unpaired) electrons. The number of rotatable bonds is 5. The van der Waals surface area contributed by atoms with Crippen molar-refractivity contribution in [1.82, 2.24) is 0 Å². The van der Waals surface area contributed by atoms with Gasteiger partial charge in [-0.1, -0.05) is 18.2 Å². The average Bonchev–Trinajstić information content (AvgIpc) is 2.43. The van der Waals surface area contributed by atoms with Crippen molar-refractivity contribution < 1.29 is 14.6 Å². The molecule has 0 spiro atoms. The van der Waals surface area contributed by atoms with E-state index in [1.165, 1.54) is 13.2 Å². The molecule has 2 aromatic carbocycles. The number of phenols is 1. The van der Waals surface area contributed by atoms with Crippen LogP contribution in [0.4, 0.5) is 5.69 Å². The van der Waals surface area contributed by atoms with Gasteiger partial charge in [0.05, 0.1) is 7.11 Å². The van der Waals surface area contributed by atoms with Gasteiger partial charge < -0.3 is 15.6 Å². The van der Waals surface area contributed by atoms with Gasteiger partial charge in [0.2, 0.25) is 0 Å². The molecule has 0 aliphatic rings.